The summed E-state index contributed by atoms with van der Waals surface area (Å²) in [7, 11) is 0. The van der Waals surface area contributed by atoms with Crippen LogP contribution in [-0.4, -0.2) is 5.11 Å². The molecule has 0 radical (unpaired) electrons. The molecule has 0 aliphatic heterocycles. The molecule has 0 aromatic heterocycles. The topological polar surface area (TPSA) is 20.2 Å². The largest absolute Gasteiger partial charge is 0.380 e. The number of benzene rings is 2. The lowest BCUT2D eigenvalue weighted by Gasteiger charge is -2.30. The molecule has 0 saturated heterocycles. The Kier molecular flexibility index (Phi) is 3.83. The molecule has 18 heavy (non-hydrogen) atoms. The van der Waals surface area contributed by atoms with E-state index in [1.165, 1.54) is 0 Å². The summed E-state index contributed by atoms with van der Waals surface area (Å²) in [5.41, 5.74) is 2.25. The molecule has 0 bridgehead atoms. The molecule has 1 nitrogen and oxygen atoms in total. The highest BCUT2D eigenvalue weighted by molar-refractivity contribution is 5.40. The molecule has 0 aliphatic carbocycles. The SMILES string of the molecule is CCCC(O)(c1ccccc1)c1ccccc1C. The molecule has 1 atom stereocenters. The van der Waals surface area contributed by atoms with Crippen molar-refractivity contribution in [1.82, 2.24) is 0 Å². The van der Waals surface area contributed by atoms with Gasteiger partial charge in [-0.15, -0.1) is 0 Å². The third-order valence-electron chi connectivity index (χ3n) is 3.45. The van der Waals surface area contributed by atoms with Crippen molar-refractivity contribution in [3.05, 3.63) is 71.3 Å². The average molecular weight is 240 g/mol. The van der Waals surface area contributed by atoms with Crippen LogP contribution in [0.2, 0.25) is 0 Å². The highest BCUT2D eigenvalue weighted by Gasteiger charge is 2.31. The van der Waals surface area contributed by atoms with Crippen LogP contribution in [-0.2, 0) is 5.60 Å². The van der Waals surface area contributed by atoms with Crippen molar-refractivity contribution in [2.75, 3.05) is 0 Å². The molecule has 2 aromatic carbocycles. The Balaban J connectivity index is 2.55. The molecule has 0 spiro atoms. The van der Waals surface area contributed by atoms with E-state index in [4.69, 9.17) is 0 Å². The molecule has 2 rings (SSSR count). The standard InChI is InChI=1S/C17H20O/c1-3-13-17(18,15-10-5-4-6-11-15)16-12-8-7-9-14(16)2/h4-12,18H,3,13H2,1-2H3. The zero-order valence-electron chi connectivity index (χ0n) is 11.1. The maximum atomic E-state index is 11.1. The van der Waals surface area contributed by atoms with Crippen LogP contribution in [0.15, 0.2) is 54.6 Å². The van der Waals surface area contributed by atoms with Crippen molar-refractivity contribution >= 4 is 0 Å². The zero-order chi connectivity index (χ0) is 13.0. The van der Waals surface area contributed by atoms with Crippen LogP contribution in [0.4, 0.5) is 0 Å². The summed E-state index contributed by atoms with van der Waals surface area (Å²) in [6.45, 7) is 4.16. The van der Waals surface area contributed by atoms with E-state index in [-0.39, 0.29) is 0 Å². The summed E-state index contributed by atoms with van der Waals surface area (Å²) in [4.78, 5) is 0. The number of rotatable bonds is 4. The zero-order valence-corrected chi connectivity index (χ0v) is 11.1. The van der Waals surface area contributed by atoms with Crippen LogP contribution in [0.5, 0.6) is 0 Å². The Morgan fingerprint density at radius 2 is 1.56 bits per heavy atom. The van der Waals surface area contributed by atoms with Crippen molar-refractivity contribution in [1.29, 1.82) is 0 Å². The molecule has 2 aromatic rings. The monoisotopic (exact) mass is 240 g/mol. The predicted molar refractivity (Wildman–Crippen MR) is 75.5 cm³/mol. The summed E-state index contributed by atoms with van der Waals surface area (Å²) in [6.07, 6.45) is 1.68. The first-order valence-corrected chi connectivity index (χ1v) is 6.52. The second kappa shape index (κ2) is 5.36. The summed E-state index contributed by atoms with van der Waals surface area (Å²) in [5.74, 6) is 0. The number of hydrogen-bond donors (Lipinski definition) is 1. The van der Waals surface area contributed by atoms with Crippen LogP contribution in [0.3, 0.4) is 0 Å². The molecular formula is C17H20O. The van der Waals surface area contributed by atoms with Crippen LogP contribution < -0.4 is 0 Å². The molecule has 0 heterocycles. The quantitative estimate of drug-likeness (QED) is 0.855. The molecule has 0 fully saturated rings. The van der Waals surface area contributed by atoms with Gasteiger partial charge in [-0.1, -0.05) is 67.9 Å². The highest BCUT2D eigenvalue weighted by atomic mass is 16.3. The first kappa shape index (κ1) is 12.8. The van der Waals surface area contributed by atoms with Crippen molar-refractivity contribution in [2.45, 2.75) is 32.3 Å². The highest BCUT2D eigenvalue weighted by Crippen LogP contribution is 2.35. The molecule has 94 valence electrons. The van der Waals surface area contributed by atoms with Gasteiger partial charge in [0, 0.05) is 0 Å². The van der Waals surface area contributed by atoms with Crippen LogP contribution in [0, 0.1) is 6.92 Å². The van der Waals surface area contributed by atoms with Gasteiger partial charge in [0.1, 0.15) is 5.60 Å². The Morgan fingerprint density at radius 1 is 0.944 bits per heavy atom. The van der Waals surface area contributed by atoms with Gasteiger partial charge in [0.05, 0.1) is 0 Å². The second-order valence-electron chi connectivity index (χ2n) is 4.79. The van der Waals surface area contributed by atoms with Gasteiger partial charge in [-0.3, -0.25) is 0 Å². The van der Waals surface area contributed by atoms with Gasteiger partial charge < -0.3 is 5.11 Å². The maximum Gasteiger partial charge on any atom is 0.115 e. The van der Waals surface area contributed by atoms with Gasteiger partial charge in [-0.25, -0.2) is 0 Å². The number of aliphatic hydroxyl groups is 1. The summed E-state index contributed by atoms with van der Waals surface area (Å²) in [5, 5.41) is 11.1. The summed E-state index contributed by atoms with van der Waals surface area (Å²) >= 11 is 0. The lowest BCUT2D eigenvalue weighted by atomic mass is 9.81. The minimum absolute atomic E-state index is 0.738. The second-order valence-corrected chi connectivity index (χ2v) is 4.79. The van der Waals surface area contributed by atoms with Crippen molar-refractivity contribution < 1.29 is 5.11 Å². The summed E-state index contributed by atoms with van der Waals surface area (Å²) < 4.78 is 0. The van der Waals surface area contributed by atoms with E-state index >= 15 is 0 Å². The minimum atomic E-state index is -0.874. The normalized spacial score (nSPS) is 14.2. The Hall–Kier alpha value is -1.60. The van der Waals surface area contributed by atoms with Gasteiger partial charge in [-0.05, 0) is 30.0 Å². The van der Waals surface area contributed by atoms with Gasteiger partial charge in [0.25, 0.3) is 0 Å². The molecular weight excluding hydrogens is 220 g/mol. The first-order valence-electron chi connectivity index (χ1n) is 6.52. The lowest BCUT2D eigenvalue weighted by molar-refractivity contribution is 0.0695. The van der Waals surface area contributed by atoms with E-state index in [9.17, 15) is 5.11 Å². The molecule has 0 saturated carbocycles. The Morgan fingerprint density at radius 3 is 2.17 bits per heavy atom. The maximum absolute atomic E-state index is 11.1. The van der Waals surface area contributed by atoms with Crippen molar-refractivity contribution in [2.24, 2.45) is 0 Å². The van der Waals surface area contributed by atoms with E-state index in [0.29, 0.717) is 0 Å². The predicted octanol–water partition coefficient (Wildman–Crippen LogP) is 4.03. The molecule has 0 amide bonds. The van der Waals surface area contributed by atoms with Crippen LogP contribution in [0.1, 0.15) is 36.5 Å². The van der Waals surface area contributed by atoms with Gasteiger partial charge in [0.2, 0.25) is 0 Å². The Bertz CT molecular complexity index is 504. The number of hydrogen-bond acceptors (Lipinski definition) is 1. The van der Waals surface area contributed by atoms with E-state index in [1.807, 2.05) is 48.5 Å². The fourth-order valence-electron chi connectivity index (χ4n) is 2.55. The molecule has 1 N–H and O–H groups in total. The van der Waals surface area contributed by atoms with Crippen LogP contribution in [0.25, 0.3) is 0 Å². The minimum Gasteiger partial charge on any atom is -0.380 e. The third kappa shape index (κ3) is 2.32. The van der Waals surface area contributed by atoms with E-state index < -0.39 is 5.60 Å². The smallest absolute Gasteiger partial charge is 0.115 e. The molecule has 1 unspecified atom stereocenters. The molecule has 0 aliphatic rings. The van der Waals surface area contributed by atoms with E-state index in [2.05, 4.69) is 19.9 Å². The third-order valence-corrected chi connectivity index (χ3v) is 3.45. The van der Waals surface area contributed by atoms with Gasteiger partial charge >= 0.3 is 0 Å². The van der Waals surface area contributed by atoms with Gasteiger partial charge in [0.15, 0.2) is 0 Å². The van der Waals surface area contributed by atoms with Crippen molar-refractivity contribution in [3.8, 4) is 0 Å². The average Bonchev–Trinajstić information content (AvgIpc) is 2.40. The van der Waals surface area contributed by atoms with Gasteiger partial charge in [-0.2, -0.15) is 0 Å². The first-order chi connectivity index (χ1) is 8.68. The Labute approximate surface area is 109 Å². The fourth-order valence-corrected chi connectivity index (χ4v) is 2.55. The number of aryl methyl sites for hydroxylation is 1. The summed E-state index contributed by atoms with van der Waals surface area (Å²) in [6, 6.07) is 18.0. The fraction of sp³-hybridized carbons (Fsp3) is 0.294. The lowest BCUT2D eigenvalue weighted by Crippen LogP contribution is -2.28. The molecule has 1 heteroatoms. The van der Waals surface area contributed by atoms with E-state index in [0.717, 1.165) is 29.5 Å². The van der Waals surface area contributed by atoms with Crippen LogP contribution >= 0.6 is 0 Å². The van der Waals surface area contributed by atoms with Crippen molar-refractivity contribution in [3.63, 3.8) is 0 Å². The van der Waals surface area contributed by atoms with E-state index in [1.54, 1.807) is 0 Å².